The van der Waals surface area contributed by atoms with Crippen molar-refractivity contribution >= 4 is 11.8 Å². The van der Waals surface area contributed by atoms with E-state index in [1.54, 1.807) is 11.7 Å². The number of ether oxygens (including phenoxy) is 1. The molecule has 28 heavy (non-hydrogen) atoms. The first-order valence-electron chi connectivity index (χ1n) is 9.58. The zero-order chi connectivity index (χ0) is 21.2. The summed E-state index contributed by atoms with van der Waals surface area (Å²) in [6.45, 7) is 12.4. The number of carbonyl (C=O) groups is 2. The number of aryl methyl sites for hydroxylation is 1. The molecule has 0 radical (unpaired) electrons. The average Bonchev–Trinajstić information content (AvgIpc) is 3.00. The average molecular weight is 386 g/mol. The van der Waals surface area contributed by atoms with Crippen LogP contribution in [0.3, 0.4) is 0 Å². The second kappa shape index (κ2) is 8.67. The van der Waals surface area contributed by atoms with Gasteiger partial charge < -0.3 is 4.74 Å². The van der Waals surface area contributed by atoms with Gasteiger partial charge in [0.2, 0.25) is 0 Å². The standard InChI is InChI=1S/C22H31N3O3/c1-12-13(2)15(4)20(16(5)14(12)3)11-19(26)9-18(10-21(27)28-8)22-17(6)25(7)24-23-22/h18H,9-11H2,1-8H3. The molecule has 1 aromatic heterocycles. The Morgan fingerprint density at radius 3 is 1.93 bits per heavy atom. The van der Waals surface area contributed by atoms with Gasteiger partial charge in [-0.3, -0.25) is 14.3 Å². The van der Waals surface area contributed by atoms with Gasteiger partial charge in [-0.25, -0.2) is 0 Å². The molecule has 1 aromatic carbocycles. The zero-order valence-corrected chi connectivity index (χ0v) is 18.3. The van der Waals surface area contributed by atoms with Gasteiger partial charge in [0.1, 0.15) is 5.78 Å². The number of benzene rings is 1. The Labute approximate surface area is 167 Å². The van der Waals surface area contributed by atoms with E-state index in [1.807, 2.05) is 6.92 Å². The number of hydrogen-bond donors (Lipinski definition) is 0. The third-order valence-electron chi connectivity index (χ3n) is 6.17. The highest BCUT2D eigenvalue weighted by atomic mass is 16.5. The van der Waals surface area contributed by atoms with Gasteiger partial charge in [-0.05, 0) is 74.9 Å². The number of rotatable bonds is 7. The van der Waals surface area contributed by atoms with Gasteiger partial charge in [0.25, 0.3) is 0 Å². The van der Waals surface area contributed by atoms with Crippen LogP contribution in [0.1, 0.15) is 63.5 Å². The van der Waals surface area contributed by atoms with Crippen molar-refractivity contribution in [3.63, 3.8) is 0 Å². The topological polar surface area (TPSA) is 74.1 Å². The number of aromatic nitrogens is 3. The van der Waals surface area contributed by atoms with Crippen LogP contribution in [0.5, 0.6) is 0 Å². The highest BCUT2D eigenvalue weighted by molar-refractivity contribution is 5.83. The lowest BCUT2D eigenvalue weighted by Gasteiger charge is -2.19. The van der Waals surface area contributed by atoms with Gasteiger partial charge in [0, 0.05) is 25.8 Å². The Morgan fingerprint density at radius 2 is 1.46 bits per heavy atom. The van der Waals surface area contributed by atoms with Crippen LogP contribution in [0.4, 0.5) is 0 Å². The third-order valence-corrected chi connectivity index (χ3v) is 6.17. The molecule has 0 amide bonds. The molecule has 0 aliphatic rings. The molecule has 0 bridgehead atoms. The van der Waals surface area contributed by atoms with Crippen LogP contribution >= 0.6 is 0 Å². The minimum atomic E-state index is -0.350. The minimum absolute atomic E-state index is 0.0906. The molecule has 152 valence electrons. The van der Waals surface area contributed by atoms with Crippen LogP contribution < -0.4 is 0 Å². The summed E-state index contributed by atoms with van der Waals surface area (Å²) in [6, 6.07) is 0. The minimum Gasteiger partial charge on any atom is -0.469 e. The van der Waals surface area contributed by atoms with Gasteiger partial charge in [0.15, 0.2) is 0 Å². The van der Waals surface area contributed by atoms with Crippen LogP contribution in [0.25, 0.3) is 0 Å². The molecule has 2 rings (SSSR count). The van der Waals surface area contributed by atoms with Gasteiger partial charge in [-0.1, -0.05) is 5.21 Å². The predicted octanol–water partition coefficient (Wildman–Crippen LogP) is 3.51. The smallest absolute Gasteiger partial charge is 0.306 e. The van der Waals surface area contributed by atoms with Crippen molar-refractivity contribution in [2.75, 3.05) is 7.11 Å². The first-order valence-corrected chi connectivity index (χ1v) is 9.58. The van der Waals surface area contributed by atoms with Crippen LogP contribution in [-0.2, 0) is 27.8 Å². The second-order valence-corrected chi connectivity index (χ2v) is 7.68. The molecule has 1 atom stereocenters. The number of hydrogen-bond acceptors (Lipinski definition) is 5. The molecule has 0 spiro atoms. The number of esters is 1. The zero-order valence-electron chi connectivity index (χ0n) is 18.3. The fraction of sp³-hybridized carbons (Fsp3) is 0.545. The van der Waals surface area contributed by atoms with Crippen molar-refractivity contribution in [1.29, 1.82) is 0 Å². The molecule has 1 unspecified atom stereocenters. The molecule has 2 aromatic rings. The van der Waals surface area contributed by atoms with Crippen LogP contribution in [0.15, 0.2) is 0 Å². The normalized spacial score (nSPS) is 12.1. The molecular weight excluding hydrogens is 354 g/mol. The largest absolute Gasteiger partial charge is 0.469 e. The van der Waals surface area contributed by atoms with Crippen LogP contribution in [0, 0.1) is 41.5 Å². The molecular formula is C22H31N3O3. The van der Waals surface area contributed by atoms with Crippen molar-refractivity contribution in [2.24, 2.45) is 7.05 Å². The van der Waals surface area contributed by atoms with Crippen molar-refractivity contribution in [1.82, 2.24) is 15.0 Å². The number of methoxy groups -OCH3 is 1. The van der Waals surface area contributed by atoms with E-state index in [-0.39, 0.29) is 30.5 Å². The van der Waals surface area contributed by atoms with E-state index in [9.17, 15) is 9.59 Å². The molecule has 0 N–H and O–H groups in total. The molecule has 0 saturated carbocycles. The summed E-state index contributed by atoms with van der Waals surface area (Å²) in [7, 11) is 3.16. The lowest BCUT2D eigenvalue weighted by molar-refractivity contribution is -0.141. The molecule has 6 nitrogen and oxygen atoms in total. The molecule has 1 heterocycles. The second-order valence-electron chi connectivity index (χ2n) is 7.68. The Kier molecular flexibility index (Phi) is 6.75. The number of ketones is 1. The van der Waals surface area contributed by atoms with Crippen molar-refractivity contribution in [2.45, 2.75) is 66.7 Å². The van der Waals surface area contributed by atoms with Gasteiger partial charge in [-0.15, -0.1) is 5.10 Å². The van der Waals surface area contributed by atoms with E-state index in [0.717, 1.165) is 11.3 Å². The van der Waals surface area contributed by atoms with E-state index in [1.165, 1.54) is 34.9 Å². The maximum absolute atomic E-state index is 13.0. The summed E-state index contributed by atoms with van der Waals surface area (Å²) >= 11 is 0. The molecule has 0 saturated heterocycles. The van der Waals surface area contributed by atoms with Crippen LogP contribution in [-0.4, -0.2) is 33.9 Å². The SMILES string of the molecule is COC(=O)CC(CC(=O)Cc1c(C)c(C)c(C)c(C)c1C)c1nnn(C)c1C. The molecule has 0 aliphatic carbocycles. The Morgan fingerprint density at radius 1 is 0.929 bits per heavy atom. The lowest BCUT2D eigenvalue weighted by atomic mass is 9.85. The summed E-state index contributed by atoms with van der Waals surface area (Å²) in [5.74, 6) is -0.591. The predicted molar refractivity (Wildman–Crippen MR) is 109 cm³/mol. The highest BCUT2D eigenvalue weighted by Crippen LogP contribution is 2.29. The first-order chi connectivity index (χ1) is 13.1. The fourth-order valence-electron chi connectivity index (χ4n) is 3.73. The van der Waals surface area contributed by atoms with Crippen molar-refractivity contribution in [3.05, 3.63) is 44.8 Å². The Bertz CT molecular complexity index is 883. The van der Waals surface area contributed by atoms with E-state index >= 15 is 0 Å². The van der Waals surface area contributed by atoms with Crippen molar-refractivity contribution < 1.29 is 14.3 Å². The van der Waals surface area contributed by atoms with E-state index in [2.05, 4.69) is 44.9 Å². The third kappa shape index (κ3) is 4.32. The Hall–Kier alpha value is -2.50. The van der Waals surface area contributed by atoms with Crippen molar-refractivity contribution in [3.8, 4) is 0 Å². The summed E-state index contributed by atoms with van der Waals surface area (Å²) in [6.07, 6.45) is 0.710. The van der Waals surface area contributed by atoms with Crippen LogP contribution in [0.2, 0.25) is 0 Å². The van der Waals surface area contributed by atoms with E-state index in [0.29, 0.717) is 12.1 Å². The van der Waals surface area contributed by atoms with Gasteiger partial charge >= 0.3 is 5.97 Å². The molecule has 6 heteroatoms. The fourth-order valence-corrected chi connectivity index (χ4v) is 3.73. The highest BCUT2D eigenvalue weighted by Gasteiger charge is 2.26. The number of Topliss-reactive ketones (excluding diaryl/α,β-unsaturated/α-hetero) is 1. The maximum Gasteiger partial charge on any atom is 0.306 e. The summed E-state index contributed by atoms with van der Waals surface area (Å²) in [5.41, 5.74) is 8.75. The summed E-state index contributed by atoms with van der Waals surface area (Å²) < 4.78 is 6.48. The molecule has 0 aliphatic heterocycles. The maximum atomic E-state index is 13.0. The summed E-state index contributed by atoms with van der Waals surface area (Å²) in [5, 5.41) is 8.22. The van der Waals surface area contributed by atoms with Gasteiger partial charge in [0.05, 0.1) is 24.9 Å². The molecule has 0 fully saturated rings. The first kappa shape index (κ1) is 21.8. The lowest BCUT2D eigenvalue weighted by Crippen LogP contribution is -2.17. The summed E-state index contributed by atoms with van der Waals surface area (Å²) in [4.78, 5) is 24.9. The quantitative estimate of drug-likeness (QED) is 0.682. The van der Waals surface area contributed by atoms with Gasteiger partial charge in [-0.2, -0.15) is 0 Å². The van der Waals surface area contributed by atoms with E-state index < -0.39 is 0 Å². The number of carbonyl (C=O) groups excluding carboxylic acids is 2. The van der Waals surface area contributed by atoms with E-state index in [4.69, 9.17) is 4.74 Å². The Balaban J connectivity index is 2.30. The number of nitrogens with zero attached hydrogens (tertiary/aromatic N) is 3. The monoisotopic (exact) mass is 385 g/mol.